The van der Waals surface area contributed by atoms with Gasteiger partial charge in [0.1, 0.15) is 17.5 Å². The molecular formula is C17H18N2O5. The Hall–Kier alpha value is -3.09. The number of carbonyl (C=O) groups is 2. The van der Waals surface area contributed by atoms with E-state index in [0.29, 0.717) is 18.5 Å². The van der Waals surface area contributed by atoms with Gasteiger partial charge in [-0.25, -0.2) is 9.59 Å². The molecule has 1 atom stereocenters. The van der Waals surface area contributed by atoms with Crippen LogP contribution in [0.15, 0.2) is 52.7 Å². The lowest BCUT2D eigenvalue weighted by atomic mass is 10.00. The smallest absolute Gasteiger partial charge is 0.351 e. The monoisotopic (exact) mass is 330 g/mol. The van der Waals surface area contributed by atoms with Crippen LogP contribution in [0.3, 0.4) is 0 Å². The van der Waals surface area contributed by atoms with E-state index < -0.39 is 18.0 Å². The van der Waals surface area contributed by atoms with Gasteiger partial charge in [-0.15, -0.1) is 0 Å². The number of allylic oxidation sites excluding steroid dienone is 2. The highest BCUT2D eigenvalue weighted by atomic mass is 16.4. The molecule has 1 aromatic carbocycles. The van der Waals surface area contributed by atoms with Gasteiger partial charge in [0.15, 0.2) is 0 Å². The number of hydrogen-bond acceptors (Lipinski definition) is 5. The Labute approximate surface area is 138 Å². The Balaban J connectivity index is 1.95. The van der Waals surface area contributed by atoms with Crippen LogP contribution >= 0.6 is 0 Å². The van der Waals surface area contributed by atoms with Crippen molar-refractivity contribution in [1.82, 2.24) is 5.32 Å². The number of aliphatic carboxylic acids is 2. The van der Waals surface area contributed by atoms with Gasteiger partial charge >= 0.3 is 11.9 Å². The fourth-order valence-corrected chi connectivity index (χ4v) is 2.23. The number of aliphatic imine (C=N–C) groups is 1. The molecule has 0 amide bonds. The molecule has 0 aromatic heterocycles. The third-order valence-corrected chi connectivity index (χ3v) is 3.49. The summed E-state index contributed by atoms with van der Waals surface area (Å²) in [6.45, 7) is 0.532. The minimum atomic E-state index is -1.20. The van der Waals surface area contributed by atoms with Crippen molar-refractivity contribution >= 4 is 18.2 Å². The molecule has 0 saturated carbocycles. The summed E-state index contributed by atoms with van der Waals surface area (Å²) in [6.07, 6.45) is 5.48. The summed E-state index contributed by atoms with van der Waals surface area (Å²) >= 11 is 0. The number of phenols is 1. The number of nitrogens with one attached hydrogen (secondary N) is 1. The maximum absolute atomic E-state index is 11.1. The van der Waals surface area contributed by atoms with E-state index in [4.69, 9.17) is 10.2 Å². The van der Waals surface area contributed by atoms with Crippen LogP contribution in [0.2, 0.25) is 0 Å². The summed E-state index contributed by atoms with van der Waals surface area (Å²) in [5.74, 6) is -2.08. The van der Waals surface area contributed by atoms with Crippen LogP contribution in [0.4, 0.5) is 0 Å². The highest BCUT2D eigenvalue weighted by molar-refractivity contribution is 5.89. The van der Waals surface area contributed by atoms with Gasteiger partial charge in [0.25, 0.3) is 0 Å². The fourth-order valence-electron chi connectivity index (χ4n) is 2.23. The van der Waals surface area contributed by atoms with Crippen molar-refractivity contribution in [3.05, 3.63) is 53.3 Å². The number of phenolic OH excluding ortho intramolecular Hbond substituents is 1. The Kier molecular flexibility index (Phi) is 5.73. The molecule has 7 heteroatoms. The molecular weight excluding hydrogens is 312 g/mol. The predicted molar refractivity (Wildman–Crippen MR) is 88.1 cm³/mol. The molecule has 0 saturated heterocycles. The lowest BCUT2D eigenvalue weighted by Gasteiger charge is -2.21. The normalized spacial score (nSPS) is 19.1. The van der Waals surface area contributed by atoms with Crippen molar-refractivity contribution in [2.45, 2.75) is 18.9 Å². The van der Waals surface area contributed by atoms with Crippen molar-refractivity contribution in [3.63, 3.8) is 0 Å². The second-order valence-electron chi connectivity index (χ2n) is 5.32. The van der Waals surface area contributed by atoms with Gasteiger partial charge < -0.3 is 20.6 Å². The third-order valence-electron chi connectivity index (χ3n) is 3.49. The zero-order chi connectivity index (χ0) is 17.5. The summed E-state index contributed by atoms with van der Waals surface area (Å²) in [5, 5.41) is 29.7. The Bertz CT molecular complexity index is 704. The highest BCUT2D eigenvalue weighted by Crippen LogP contribution is 2.16. The number of nitrogens with zero attached hydrogens (tertiary/aromatic N) is 1. The predicted octanol–water partition coefficient (Wildman–Crippen LogP) is 1.35. The molecule has 1 heterocycles. The van der Waals surface area contributed by atoms with Crippen LogP contribution < -0.4 is 5.32 Å². The third kappa shape index (κ3) is 4.98. The largest absolute Gasteiger partial charge is 0.508 e. The Morgan fingerprint density at radius 1 is 1.25 bits per heavy atom. The van der Waals surface area contributed by atoms with Crippen LogP contribution in [0.25, 0.3) is 0 Å². The van der Waals surface area contributed by atoms with E-state index in [-0.39, 0.29) is 17.9 Å². The van der Waals surface area contributed by atoms with Crippen molar-refractivity contribution in [2.24, 2.45) is 4.99 Å². The zero-order valence-electron chi connectivity index (χ0n) is 12.8. The number of benzene rings is 1. The van der Waals surface area contributed by atoms with Gasteiger partial charge in [-0.1, -0.05) is 12.1 Å². The minimum Gasteiger partial charge on any atom is -0.508 e. The molecule has 0 spiro atoms. The van der Waals surface area contributed by atoms with Gasteiger partial charge in [0.05, 0.1) is 0 Å². The molecule has 0 radical (unpaired) electrons. The SMILES string of the molecule is O=C(O)C1=C/C(=C/C=NCCc2ccc(O)cc2)C[C@@H](C(=O)O)N1. The van der Waals surface area contributed by atoms with Gasteiger partial charge in [-0.2, -0.15) is 0 Å². The van der Waals surface area contributed by atoms with Crippen LogP contribution in [-0.2, 0) is 16.0 Å². The molecule has 2 rings (SSSR count). The molecule has 126 valence electrons. The van der Waals surface area contributed by atoms with Crippen molar-refractivity contribution in [1.29, 1.82) is 0 Å². The summed E-state index contributed by atoms with van der Waals surface area (Å²) < 4.78 is 0. The lowest BCUT2D eigenvalue weighted by Crippen LogP contribution is -2.41. The van der Waals surface area contributed by atoms with Gasteiger partial charge in [0.2, 0.25) is 0 Å². The van der Waals surface area contributed by atoms with Crippen LogP contribution in [0.5, 0.6) is 5.75 Å². The molecule has 0 bridgehead atoms. The first kappa shape index (κ1) is 17.3. The molecule has 24 heavy (non-hydrogen) atoms. The highest BCUT2D eigenvalue weighted by Gasteiger charge is 2.26. The van der Waals surface area contributed by atoms with Crippen molar-refractivity contribution in [2.75, 3.05) is 6.54 Å². The quantitative estimate of drug-likeness (QED) is 0.585. The van der Waals surface area contributed by atoms with Crippen molar-refractivity contribution < 1.29 is 24.9 Å². The average Bonchev–Trinajstić information content (AvgIpc) is 2.56. The van der Waals surface area contributed by atoms with Gasteiger partial charge in [-0.3, -0.25) is 4.99 Å². The van der Waals surface area contributed by atoms with E-state index in [9.17, 15) is 14.7 Å². The van der Waals surface area contributed by atoms with Crippen LogP contribution in [0, 0.1) is 0 Å². The fraction of sp³-hybridized carbons (Fsp3) is 0.235. The molecule has 1 aromatic rings. The van der Waals surface area contributed by atoms with E-state index in [1.165, 1.54) is 6.08 Å². The summed E-state index contributed by atoms with van der Waals surface area (Å²) in [6, 6.07) is 5.89. The van der Waals surface area contributed by atoms with E-state index in [1.807, 2.05) is 12.1 Å². The first-order valence-electron chi connectivity index (χ1n) is 7.37. The molecule has 7 nitrogen and oxygen atoms in total. The number of hydrogen-bond donors (Lipinski definition) is 4. The topological polar surface area (TPSA) is 119 Å². The lowest BCUT2D eigenvalue weighted by molar-refractivity contribution is -0.139. The second kappa shape index (κ2) is 7.96. The molecule has 1 aliphatic rings. The zero-order valence-corrected chi connectivity index (χ0v) is 12.8. The number of aromatic hydroxyl groups is 1. The first-order valence-corrected chi connectivity index (χ1v) is 7.37. The van der Waals surface area contributed by atoms with Gasteiger partial charge in [-0.05, 0) is 41.8 Å². The summed E-state index contributed by atoms with van der Waals surface area (Å²) in [7, 11) is 0. The molecule has 4 N–H and O–H groups in total. The number of carboxylic acid groups (broad SMARTS) is 2. The Morgan fingerprint density at radius 3 is 2.58 bits per heavy atom. The van der Waals surface area contributed by atoms with Crippen LogP contribution in [-0.4, -0.2) is 46.1 Å². The maximum Gasteiger partial charge on any atom is 0.351 e. The van der Waals surface area contributed by atoms with Crippen molar-refractivity contribution in [3.8, 4) is 5.75 Å². The summed E-state index contributed by atoms with van der Waals surface area (Å²) in [4.78, 5) is 26.3. The number of rotatable bonds is 6. The van der Waals surface area contributed by atoms with E-state index in [0.717, 1.165) is 5.56 Å². The number of carboxylic acids is 2. The molecule has 0 aliphatic carbocycles. The van der Waals surface area contributed by atoms with E-state index in [1.54, 1.807) is 24.4 Å². The van der Waals surface area contributed by atoms with Gasteiger partial charge in [0, 0.05) is 19.2 Å². The van der Waals surface area contributed by atoms with E-state index >= 15 is 0 Å². The first-order chi connectivity index (χ1) is 11.5. The van der Waals surface area contributed by atoms with E-state index in [2.05, 4.69) is 10.3 Å². The molecule has 0 unspecified atom stereocenters. The molecule has 0 fully saturated rings. The standard InChI is InChI=1S/C17H18N2O5/c20-13-3-1-11(2-4-13)5-7-18-8-6-12-9-14(16(21)22)19-15(10-12)17(23)24/h1-4,6,8-9,15,19-20H,5,7,10H2,(H,21,22)(H,23,24)/b12-6-,18-8?/t15-/m0/s1. The average molecular weight is 330 g/mol. The second-order valence-corrected chi connectivity index (χ2v) is 5.32. The Morgan fingerprint density at radius 2 is 1.96 bits per heavy atom. The minimum absolute atomic E-state index is 0.141. The maximum atomic E-state index is 11.1. The molecule has 1 aliphatic heterocycles. The van der Waals surface area contributed by atoms with Crippen LogP contribution in [0.1, 0.15) is 12.0 Å². The summed E-state index contributed by atoms with van der Waals surface area (Å²) in [5.41, 5.74) is 1.49.